The molecule has 140 valence electrons. The van der Waals surface area contributed by atoms with Gasteiger partial charge in [0.15, 0.2) is 0 Å². The number of aromatic amines is 1. The van der Waals surface area contributed by atoms with E-state index in [-0.39, 0.29) is 23.4 Å². The Morgan fingerprint density at radius 3 is 2.65 bits per heavy atom. The number of H-pyrrole nitrogens is 1. The highest BCUT2D eigenvalue weighted by Gasteiger charge is 2.19. The van der Waals surface area contributed by atoms with Gasteiger partial charge in [-0.15, -0.1) is 0 Å². The van der Waals surface area contributed by atoms with E-state index in [0.717, 1.165) is 6.42 Å². The first-order valence-electron chi connectivity index (χ1n) is 8.63. The predicted octanol–water partition coefficient (Wildman–Crippen LogP) is 1.07. The molecule has 3 N–H and O–H groups in total. The number of hydrogen-bond acceptors (Lipinski definition) is 5. The van der Waals surface area contributed by atoms with Crippen molar-refractivity contribution in [1.82, 2.24) is 25.1 Å². The molecule has 9 heteroatoms. The van der Waals surface area contributed by atoms with Crippen molar-refractivity contribution in [3.8, 4) is 5.95 Å². The number of anilines is 1. The first-order chi connectivity index (χ1) is 12.3. The summed E-state index contributed by atoms with van der Waals surface area (Å²) in [6.45, 7) is 7.45. The number of nitrogens with zero attached hydrogens (tertiary/aromatic N) is 3. The fourth-order valence-corrected chi connectivity index (χ4v) is 2.29. The molecule has 0 saturated carbocycles. The van der Waals surface area contributed by atoms with Crippen LogP contribution in [-0.4, -0.2) is 37.6 Å². The van der Waals surface area contributed by atoms with Gasteiger partial charge >= 0.3 is 11.8 Å². The number of amides is 2. The first kappa shape index (κ1) is 19.4. The van der Waals surface area contributed by atoms with Crippen LogP contribution in [0.25, 0.3) is 5.95 Å². The number of nitrogens with one attached hydrogen (secondary N) is 3. The largest absolute Gasteiger partial charge is 0.345 e. The van der Waals surface area contributed by atoms with E-state index in [2.05, 4.69) is 25.7 Å². The van der Waals surface area contributed by atoms with Crippen LogP contribution in [0.4, 0.5) is 5.82 Å². The number of rotatable bonds is 6. The molecule has 0 aromatic carbocycles. The van der Waals surface area contributed by atoms with Gasteiger partial charge in [0.25, 0.3) is 5.56 Å². The third-order valence-corrected chi connectivity index (χ3v) is 3.76. The Hall–Kier alpha value is -2.97. The van der Waals surface area contributed by atoms with Crippen LogP contribution in [0.15, 0.2) is 16.9 Å². The molecule has 0 aliphatic heterocycles. The van der Waals surface area contributed by atoms with E-state index in [1.54, 1.807) is 13.0 Å². The zero-order valence-electron chi connectivity index (χ0n) is 15.4. The fraction of sp³-hybridized carbons (Fsp3) is 0.471. The molecule has 2 aromatic heterocycles. The highest BCUT2D eigenvalue weighted by molar-refractivity contribution is 6.39. The maximum Gasteiger partial charge on any atom is 0.314 e. The van der Waals surface area contributed by atoms with E-state index in [0.29, 0.717) is 24.2 Å². The molecule has 0 fully saturated rings. The lowest BCUT2D eigenvalue weighted by Gasteiger charge is -2.12. The zero-order valence-corrected chi connectivity index (χ0v) is 15.4. The molecule has 0 radical (unpaired) electrons. The third-order valence-electron chi connectivity index (χ3n) is 3.76. The summed E-state index contributed by atoms with van der Waals surface area (Å²) in [6.07, 6.45) is 2.20. The van der Waals surface area contributed by atoms with Crippen molar-refractivity contribution >= 4 is 17.6 Å². The Labute approximate surface area is 151 Å². The number of carbonyl (C=O) groups excluding carboxylic acids is 2. The van der Waals surface area contributed by atoms with Gasteiger partial charge in [0, 0.05) is 23.9 Å². The summed E-state index contributed by atoms with van der Waals surface area (Å²) < 4.78 is 1.31. The van der Waals surface area contributed by atoms with E-state index in [4.69, 9.17) is 0 Å². The van der Waals surface area contributed by atoms with Gasteiger partial charge in [-0.25, -0.2) is 4.98 Å². The van der Waals surface area contributed by atoms with Gasteiger partial charge in [-0.1, -0.05) is 20.3 Å². The minimum Gasteiger partial charge on any atom is -0.345 e. The van der Waals surface area contributed by atoms with E-state index in [1.165, 1.54) is 10.7 Å². The summed E-state index contributed by atoms with van der Waals surface area (Å²) in [6, 6.07) is 2.92. The highest BCUT2D eigenvalue weighted by atomic mass is 16.2. The van der Waals surface area contributed by atoms with Gasteiger partial charge in [-0.2, -0.15) is 9.78 Å². The van der Waals surface area contributed by atoms with Crippen LogP contribution in [0.2, 0.25) is 0 Å². The Morgan fingerprint density at radius 2 is 2.00 bits per heavy atom. The fourth-order valence-electron chi connectivity index (χ4n) is 2.29. The second-order valence-corrected chi connectivity index (χ2v) is 6.13. The minimum atomic E-state index is -0.807. The summed E-state index contributed by atoms with van der Waals surface area (Å²) in [5, 5.41) is 9.36. The lowest BCUT2D eigenvalue weighted by Crippen LogP contribution is -2.40. The molecule has 0 spiro atoms. The second-order valence-electron chi connectivity index (χ2n) is 6.13. The van der Waals surface area contributed by atoms with Crippen LogP contribution in [0.1, 0.15) is 45.0 Å². The molecule has 2 aromatic rings. The van der Waals surface area contributed by atoms with Crippen LogP contribution in [0.5, 0.6) is 0 Å². The molecular weight excluding hydrogens is 336 g/mol. The van der Waals surface area contributed by atoms with Crippen molar-refractivity contribution in [3.63, 3.8) is 0 Å². The molecular formula is C17H24N6O3. The Balaban J connectivity index is 2.29. The van der Waals surface area contributed by atoms with Gasteiger partial charge in [0.05, 0.1) is 5.69 Å². The molecule has 0 aliphatic rings. The van der Waals surface area contributed by atoms with Crippen molar-refractivity contribution in [3.05, 3.63) is 33.9 Å². The zero-order chi connectivity index (χ0) is 19.3. The van der Waals surface area contributed by atoms with E-state index < -0.39 is 11.8 Å². The van der Waals surface area contributed by atoms with Crippen LogP contribution in [0.3, 0.4) is 0 Å². The van der Waals surface area contributed by atoms with Crippen LogP contribution in [0, 0.1) is 6.92 Å². The van der Waals surface area contributed by atoms with Gasteiger partial charge in [0.1, 0.15) is 5.82 Å². The number of aryl methyl sites for hydroxylation is 2. The maximum atomic E-state index is 12.1. The summed E-state index contributed by atoms with van der Waals surface area (Å²) in [7, 11) is 0. The monoisotopic (exact) mass is 360 g/mol. The topological polar surface area (TPSA) is 122 Å². The third kappa shape index (κ3) is 4.78. The molecule has 0 aliphatic carbocycles. The molecule has 0 saturated heterocycles. The molecule has 26 heavy (non-hydrogen) atoms. The average molecular weight is 360 g/mol. The van der Waals surface area contributed by atoms with E-state index in [9.17, 15) is 14.4 Å². The van der Waals surface area contributed by atoms with Crippen molar-refractivity contribution in [2.24, 2.45) is 0 Å². The second kappa shape index (κ2) is 8.41. The normalized spacial score (nSPS) is 11.8. The standard InChI is InChI=1S/C17H24N6O3/c1-5-7-12-9-14(24)21-17(19-12)23-13(8-11(4)22-23)20-16(26)15(25)18-10(3)6-2/h8-10H,5-7H2,1-4H3,(H,18,25)(H,20,26)(H,19,21,24)/t10-/m1/s1. The van der Waals surface area contributed by atoms with Crippen LogP contribution < -0.4 is 16.2 Å². The molecule has 2 amide bonds. The summed E-state index contributed by atoms with van der Waals surface area (Å²) >= 11 is 0. The molecule has 1 atom stereocenters. The smallest absolute Gasteiger partial charge is 0.314 e. The molecule has 9 nitrogen and oxygen atoms in total. The lowest BCUT2D eigenvalue weighted by atomic mass is 10.2. The molecule has 0 unspecified atom stereocenters. The Kier molecular flexibility index (Phi) is 6.26. The predicted molar refractivity (Wildman–Crippen MR) is 97.2 cm³/mol. The summed E-state index contributed by atoms with van der Waals surface area (Å²) in [5.74, 6) is -1.10. The number of hydrogen-bond donors (Lipinski definition) is 3. The van der Waals surface area contributed by atoms with Crippen molar-refractivity contribution in [1.29, 1.82) is 0 Å². The minimum absolute atomic E-state index is 0.108. The van der Waals surface area contributed by atoms with Crippen molar-refractivity contribution in [2.75, 3.05) is 5.32 Å². The molecule has 2 heterocycles. The van der Waals surface area contributed by atoms with Gasteiger partial charge in [0.2, 0.25) is 5.95 Å². The van der Waals surface area contributed by atoms with Crippen molar-refractivity contribution in [2.45, 2.75) is 53.0 Å². The Bertz CT molecular complexity index is 854. The Morgan fingerprint density at radius 1 is 1.27 bits per heavy atom. The molecule has 2 rings (SSSR count). The van der Waals surface area contributed by atoms with E-state index >= 15 is 0 Å². The SMILES string of the molecule is CCCc1cc(=O)[nH]c(-n2nc(C)cc2NC(=O)C(=O)N[C@H](C)CC)n1. The summed E-state index contributed by atoms with van der Waals surface area (Å²) in [5.41, 5.74) is 0.927. The first-order valence-corrected chi connectivity index (χ1v) is 8.63. The van der Waals surface area contributed by atoms with Crippen LogP contribution >= 0.6 is 0 Å². The molecule has 0 bridgehead atoms. The number of carbonyl (C=O) groups is 2. The number of aromatic nitrogens is 4. The van der Waals surface area contributed by atoms with Gasteiger partial charge in [-0.3, -0.25) is 19.4 Å². The van der Waals surface area contributed by atoms with Gasteiger partial charge in [-0.05, 0) is 26.7 Å². The average Bonchev–Trinajstić information content (AvgIpc) is 2.94. The summed E-state index contributed by atoms with van der Waals surface area (Å²) in [4.78, 5) is 42.9. The van der Waals surface area contributed by atoms with Crippen LogP contribution in [-0.2, 0) is 16.0 Å². The van der Waals surface area contributed by atoms with Crippen molar-refractivity contribution < 1.29 is 9.59 Å². The quantitative estimate of drug-likeness (QED) is 0.665. The highest BCUT2D eigenvalue weighted by Crippen LogP contribution is 2.14. The van der Waals surface area contributed by atoms with E-state index in [1.807, 2.05) is 20.8 Å². The maximum absolute atomic E-state index is 12.1. The lowest BCUT2D eigenvalue weighted by molar-refractivity contribution is -0.136. The van der Waals surface area contributed by atoms with Gasteiger partial charge < -0.3 is 10.6 Å².